The number of nitrogens with zero attached hydrogens (tertiary/aromatic N) is 2. The Labute approximate surface area is 193 Å². The highest BCUT2D eigenvalue weighted by Gasteiger charge is 2.30. The fourth-order valence-corrected chi connectivity index (χ4v) is 4.69. The van der Waals surface area contributed by atoms with Crippen LogP contribution in [0.2, 0.25) is 0 Å². The molecule has 2 aromatic carbocycles. The van der Waals surface area contributed by atoms with Crippen molar-refractivity contribution in [1.29, 1.82) is 0 Å². The summed E-state index contributed by atoms with van der Waals surface area (Å²) in [7, 11) is 0. The normalized spacial score (nSPS) is 16.9. The highest BCUT2D eigenvalue weighted by molar-refractivity contribution is 5.85. The summed E-state index contributed by atoms with van der Waals surface area (Å²) in [5.41, 5.74) is 4.57. The van der Waals surface area contributed by atoms with Crippen LogP contribution < -0.4 is 5.32 Å². The molecule has 8 nitrogen and oxygen atoms in total. The number of rotatable bonds is 6. The minimum atomic E-state index is -0.875. The first-order chi connectivity index (χ1) is 15.9. The summed E-state index contributed by atoms with van der Waals surface area (Å²) in [6, 6.07) is 15.5. The highest BCUT2D eigenvalue weighted by Crippen LogP contribution is 2.44. The molecule has 2 aliphatic rings. The molecule has 0 spiro atoms. The van der Waals surface area contributed by atoms with Crippen molar-refractivity contribution in [1.82, 2.24) is 15.1 Å². The van der Waals surface area contributed by atoms with E-state index < -0.39 is 18.1 Å². The second-order valence-electron chi connectivity index (χ2n) is 8.54. The van der Waals surface area contributed by atoms with Gasteiger partial charge in [0.2, 0.25) is 5.91 Å². The third-order valence-corrected chi connectivity index (χ3v) is 6.31. The molecular formula is C25H29N3O5. The molecule has 8 heteroatoms. The smallest absolute Gasteiger partial charge is 0.407 e. The second kappa shape index (κ2) is 10.0. The summed E-state index contributed by atoms with van der Waals surface area (Å²) in [6.45, 7) is 3.89. The number of carboxylic acids is 1. The number of hydrogen-bond acceptors (Lipinski definition) is 5. The number of alkyl carbamates (subject to hydrolysis) is 1. The van der Waals surface area contributed by atoms with Gasteiger partial charge >= 0.3 is 12.1 Å². The number of carboxylic acid groups (broad SMARTS) is 1. The van der Waals surface area contributed by atoms with Crippen molar-refractivity contribution in [3.05, 3.63) is 59.7 Å². The summed E-state index contributed by atoms with van der Waals surface area (Å²) >= 11 is 0. The van der Waals surface area contributed by atoms with E-state index in [0.29, 0.717) is 32.6 Å². The Morgan fingerprint density at radius 1 is 1.00 bits per heavy atom. The van der Waals surface area contributed by atoms with Gasteiger partial charge in [-0.05, 0) is 35.6 Å². The van der Waals surface area contributed by atoms with Gasteiger partial charge in [-0.2, -0.15) is 0 Å². The predicted molar refractivity (Wildman–Crippen MR) is 123 cm³/mol. The van der Waals surface area contributed by atoms with Gasteiger partial charge in [-0.25, -0.2) is 4.79 Å². The minimum Gasteiger partial charge on any atom is -0.480 e. The monoisotopic (exact) mass is 451 g/mol. The van der Waals surface area contributed by atoms with Crippen LogP contribution in [0.4, 0.5) is 4.79 Å². The van der Waals surface area contributed by atoms with E-state index >= 15 is 0 Å². The van der Waals surface area contributed by atoms with Crippen molar-refractivity contribution in [3.63, 3.8) is 0 Å². The van der Waals surface area contributed by atoms with E-state index in [9.17, 15) is 14.4 Å². The van der Waals surface area contributed by atoms with Crippen LogP contribution in [0.25, 0.3) is 11.1 Å². The van der Waals surface area contributed by atoms with Gasteiger partial charge in [0.25, 0.3) is 0 Å². The number of aliphatic carboxylic acids is 1. The van der Waals surface area contributed by atoms with Gasteiger partial charge in [0.05, 0.1) is 6.54 Å². The summed E-state index contributed by atoms with van der Waals surface area (Å²) < 4.78 is 5.54. The molecule has 1 aliphatic carbocycles. The number of hydrogen-bond donors (Lipinski definition) is 2. The van der Waals surface area contributed by atoms with Gasteiger partial charge in [-0.3, -0.25) is 14.5 Å². The quantitative estimate of drug-likeness (QED) is 0.700. The van der Waals surface area contributed by atoms with Gasteiger partial charge in [0, 0.05) is 32.1 Å². The maximum Gasteiger partial charge on any atom is 0.407 e. The van der Waals surface area contributed by atoms with Crippen molar-refractivity contribution in [3.8, 4) is 11.1 Å². The average Bonchev–Trinajstić information content (AvgIpc) is 2.93. The van der Waals surface area contributed by atoms with Crippen molar-refractivity contribution in [2.45, 2.75) is 25.3 Å². The molecule has 0 saturated carbocycles. The van der Waals surface area contributed by atoms with Crippen LogP contribution in [0.5, 0.6) is 0 Å². The van der Waals surface area contributed by atoms with Gasteiger partial charge in [0.15, 0.2) is 0 Å². The molecule has 1 atom stereocenters. The Kier molecular flexibility index (Phi) is 6.93. The van der Waals surface area contributed by atoms with Crippen molar-refractivity contribution >= 4 is 18.0 Å². The molecule has 1 aliphatic heterocycles. The molecule has 174 valence electrons. The van der Waals surface area contributed by atoms with Crippen LogP contribution in [-0.4, -0.2) is 78.2 Å². The molecular weight excluding hydrogens is 422 g/mol. The molecule has 1 heterocycles. The van der Waals surface area contributed by atoms with Crippen LogP contribution in [0.3, 0.4) is 0 Å². The van der Waals surface area contributed by atoms with Crippen LogP contribution in [0, 0.1) is 0 Å². The van der Waals surface area contributed by atoms with E-state index in [4.69, 9.17) is 9.84 Å². The van der Waals surface area contributed by atoms with Crippen LogP contribution in [0.15, 0.2) is 48.5 Å². The largest absolute Gasteiger partial charge is 0.480 e. The average molecular weight is 452 g/mol. The van der Waals surface area contributed by atoms with E-state index in [-0.39, 0.29) is 25.0 Å². The Balaban J connectivity index is 1.31. The lowest BCUT2D eigenvalue weighted by molar-refractivity contribution is -0.138. The van der Waals surface area contributed by atoms with E-state index in [2.05, 4.69) is 29.6 Å². The van der Waals surface area contributed by atoms with Crippen molar-refractivity contribution in [2.75, 3.05) is 39.3 Å². The lowest BCUT2D eigenvalue weighted by atomic mass is 9.98. The number of amides is 2. The zero-order valence-electron chi connectivity index (χ0n) is 18.7. The Morgan fingerprint density at radius 3 is 2.27 bits per heavy atom. The molecule has 1 fully saturated rings. The van der Waals surface area contributed by atoms with E-state index in [1.165, 1.54) is 0 Å². The molecule has 1 saturated heterocycles. The van der Waals surface area contributed by atoms with E-state index in [1.807, 2.05) is 29.2 Å². The Morgan fingerprint density at radius 2 is 1.64 bits per heavy atom. The minimum absolute atomic E-state index is 0.0322. The van der Waals surface area contributed by atoms with Gasteiger partial charge in [0.1, 0.15) is 12.6 Å². The highest BCUT2D eigenvalue weighted by atomic mass is 16.5. The van der Waals surface area contributed by atoms with Crippen LogP contribution in [0.1, 0.15) is 30.4 Å². The van der Waals surface area contributed by atoms with Crippen LogP contribution in [-0.2, 0) is 14.3 Å². The number of fused-ring (bicyclic) bond motifs is 3. The predicted octanol–water partition coefficient (Wildman–Crippen LogP) is 2.53. The van der Waals surface area contributed by atoms with Gasteiger partial charge in [-0.1, -0.05) is 48.5 Å². The lowest BCUT2D eigenvalue weighted by Gasteiger charge is -2.25. The van der Waals surface area contributed by atoms with E-state index in [0.717, 1.165) is 22.3 Å². The Bertz CT molecular complexity index is 995. The van der Waals surface area contributed by atoms with Crippen molar-refractivity contribution < 1.29 is 24.2 Å². The SMILES string of the molecule is CC(NC(=O)OCC1c2ccccc2-c2ccccc21)C(=O)N1CCCN(CC(=O)O)CC1. The van der Waals surface area contributed by atoms with E-state index in [1.54, 1.807) is 11.8 Å². The van der Waals surface area contributed by atoms with Crippen molar-refractivity contribution in [2.24, 2.45) is 0 Å². The first-order valence-electron chi connectivity index (χ1n) is 11.3. The number of carbonyl (C=O) groups is 3. The molecule has 2 N–H and O–H groups in total. The molecule has 0 radical (unpaired) electrons. The first kappa shape index (κ1) is 22.8. The number of carbonyl (C=O) groups excluding carboxylic acids is 2. The maximum absolute atomic E-state index is 12.8. The molecule has 1 unspecified atom stereocenters. The summed E-state index contributed by atoms with van der Waals surface area (Å²) in [6.07, 6.45) is 0.0662. The summed E-state index contributed by atoms with van der Waals surface area (Å²) in [5.74, 6) is -1.11. The fourth-order valence-electron chi connectivity index (χ4n) is 4.69. The number of benzene rings is 2. The topological polar surface area (TPSA) is 99.2 Å². The first-order valence-corrected chi connectivity index (χ1v) is 11.3. The second-order valence-corrected chi connectivity index (χ2v) is 8.54. The number of nitrogens with one attached hydrogen (secondary N) is 1. The molecule has 2 aromatic rings. The standard InChI is InChI=1S/C25H29N3O5/c1-17(24(31)28-12-6-11-27(13-14-28)15-23(29)30)26-25(32)33-16-22-20-9-4-2-7-18(20)19-8-3-5-10-21(19)22/h2-5,7-10,17,22H,6,11-16H2,1H3,(H,26,32)(H,29,30). The molecule has 0 bridgehead atoms. The zero-order valence-corrected chi connectivity index (χ0v) is 18.7. The fraction of sp³-hybridized carbons (Fsp3) is 0.400. The van der Waals surface area contributed by atoms with Gasteiger partial charge in [-0.15, -0.1) is 0 Å². The zero-order chi connectivity index (χ0) is 23.4. The lowest BCUT2D eigenvalue weighted by Crippen LogP contribution is -2.48. The third-order valence-electron chi connectivity index (χ3n) is 6.31. The van der Waals surface area contributed by atoms with Crippen LogP contribution >= 0.6 is 0 Å². The molecule has 33 heavy (non-hydrogen) atoms. The Hall–Kier alpha value is -3.39. The maximum atomic E-state index is 12.8. The molecule has 0 aromatic heterocycles. The summed E-state index contributed by atoms with van der Waals surface area (Å²) in [5, 5.41) is 11.6. The third kappa shape index (κ3) is 5.17. The number of ether oxygens (including phenoxy) is 1. The van der Waals surface area contributed by atoms with Gasteiger partial charge < -0.3 is 20.1 Å². The molecule has 2 amide bonds. The summed E-state index contributed by atoms with van der Waals surface area (Å²) in [4.78, 5) is 39.7. The molecule has 4 rings (SSSR count).